The number of amides is 1. The van der Waals surface area contributed by atoms with Crippen molar-refractivity contribution in [3.63, 3.8) is 0 Å². The Labute approximate surface area is 100 Å². The fourth-order valence-electron chi connectivity index (χ4n) is 1.91. The van der Waals surface area contributed by atoms with Crippen molar-refractivity contribution in [3.05, 3.63) is 0 Å². The minimum atomic E-state index is -0.728. The molecule has 0 radical (unpaired) electrons. The predicted molar refractivity (Wildman–Crippen MR) is 59.2 cm³/mol. The minimum Gasteiger partial charge on any atom is -0.467 e. The SMILES string of the molecule is COC(=O)COC1CCC(COC(N)=O)CC1. The van der Waals surface area contributed by atoms with Crippen LogP contribution in [0.3, 0.4) is 0 Å². The number of nitrogens with two attached hydrogens (primary N) is 1. The zero-order valence-corrected chi connectivity index (χ0v) is 10.0. The quantitative estimate of drug-likeness (QED) is 0.725. The molecular formula is C11H19NO5. The monoisotopic (exact) mass is 245 g/mol. The molecule has 2 N–H and O–H groups in total. The second-order valence-electron chi connectivity index (χ2n) is 4.16. The molecule has 1 amide bonds. The Kier molecular flexibility index (Phi) is 5.76. The van der Waals surface area contributed by atoms with Crippen molar-refractivity contribution in [2.24, 2.45) is 11.7 Å². The summed E-state index contributed by atoms with van der Waals surface area (Å²) in [7, 11) is 1.34. The third-order valence-corrected chi connectivity index (χ3v) is 2.92. The molecular weight excluding hydrogens is 226 g/mol. The summed E-state index contributed by atoms with van der Waals surface area (Å²) in [5, 5.41) is 0. The molecule has 1 saturated carbocycles. The van der Waals surface area contributed by atoms with Gasteiger partial charge in [0.15, 0.2) is 0 Å². The van der Waals surface area contributed by atoms with E-state index in [1.807, 2.05) is 0 Å². The van der Waals surface area contributed by atoms with E-state index in [-0.39, 0.29) is 18.7 Å². The smallest absolute Gasteiger partial charge is 0.404 e. The Balaban J connectivity index is 2.13. The molecule has 1 fully saturated rings. The maximum absolute atomic E-state index is 10.9. The number of carbonyl (C=O) groups excluding carboxylic acids is 2. The first-order valence-corrected chi connectivity index (χ1v) is 5.72. The van der Waals surface area contributed by atoms with Crippen LogP contribution in [0, 0.1) is 5.92 Å². The van der Waals surface area contributed by atoms with Crippen LogP contribution in [0.4, 0.5) is 4.79 Å². The van der Waals surface area contributed by atoms with E-state index in [0.717, 1.165) is 25.7 Å². The summed E-state index contributed by atoms with van der Waals surface area (Å²) in [6.07, 6.45) is 2.93. The van der Waals surface area contributed by atoms with Crippen LogP contribution in [-0.2, 0) is 19.0 Å². The van der Waals surface area contributed by atoms with Crippen LogP contribution in [0.2, 0.25) is 0 Å². The van der Waals surface area contributed by atoms with Gasteiger partial charge in [0, 0.05) is 0 Å². The summed E-state index contributed by atoms with van der Waals surface area (Å²) in [6.45, 7) is 0.378. The van der Waals surface area contributed by atoms with E-state index in [2.05, 4.69) is 4.74 Å². The molecule has 1 rings (SSSR count). The molecule has 0 atom stereocenters. The van der Waals surface area contributed by atoms with Gasteiger partial charge in [-0.1, -0.05) is 0 Å². The molecule has 0 aromatic carbocycles. The molecule has 0 aromatic rings. The number of hydrogen-bond acceptors (Lipinski definition) is 5. The lowest BCUT2D eigenvalue weighted by Gasteiger charge is -2.27. The summed E-state index contributed by atoms with van der Waals surface area (Å²) < 4.78 is 14.7. The largest absolute Gasteiger partial charge is 0.467 e. The van der Waals surface area contributed by atoms with E-state index in [9.17, 15) is 9.59 Å². The number of ether oxygens (including phenoxy) is 3. The zero-order valence-electron chi connectivity index (χ0n) is 10.0. The Hall–Kier alpha value is -1.30. The molecule has 0 saturated heterocycles. The van der Waals surface area contributed by atoms with Gasteiger partial charge in [-0.25, -0.2) is 9.59 Å². The number of primary amides is 1. The lowest BCUT2D eigenvalue weighted by molar-refractivity contribution is -0.148. The molecule has 0 aliphatic heterocycles. The number of esters is 1. The number of methoxy groups -OCH3 is 1. The summed E-state index contributed by atoms with van der Waals surface area (Å²) in [4.78, 5) is 21.3. The van der Waals surface area contributed by atoms with Crippen LogP contribution in [0.15, 0.2) is 0 Å². The van der Waals surface area contributed by atoms with Gasteiger partial charge in [0.2, 0.25) is 0 Å². The van der Waals surface area contributed by atoms with Crippen LogP contribution < -0.4 is 5.73 Å². The standard InChI is InChI=1S/C11H19NO5/c1-15-10(13)7-16-9-4-2-8(3-5-9)6-17-11(12)14/h8-9H,2-7H2,1H3,(H2,12,14). The molecule has 0 unspecified atom stereocenters. The van der Waals surface area contributed by atoms with Crippen LogP contribution in [0.25, 0.3) is 0 Å². The van der Waals surface area contributed by atoms with Crippen molar-refractivity contribution in [1.82, 2.24) is 0 Å². The molecule has 0 spiro atoms. The van der Waals surface area contributed by atoms with Crippen LogP contribution >= 0.6 is 0 Å². The molecule has 0 heterocycles. The minimum absolute atomic E-state index is 0.00359. The summed E-state index contributed by atoms with van der Waals surface area (Å²) in [6, 6.07) is 0. The van der Waals surface area contributed by atoms with Gasteiger partial charge in [-0.3, -0.25) is 0 Å². The van der Waals surface area contributed by atoms with Gasteiger partial charge < -0.3 is 19.9 Å². The van der Waals surface area contributed by atoms with Crippen molar-refractivity contribution in [1.29, 1.82) is 0 Å². The van der Waals surface area contributed by atoms with Crippen molar-refractivity contribution < 1.29 is 23.8 Å². The first-order chi connectivity index (χ1) is 8.11. The van der Waals surface area contributed by atoms with E-state index in [1.165, 1.54) is 7.11 Å². The van der Waals surface area contributed by atoms with Gasteiger partial charge in [0.05, 0.1) is 19.8 Å². The van der Waals surface area contributed by atoms with Gasteiger partial charge in [0.1, 0.15) is 6.61 Å². The average molecular weight is 245 g/mol. The number of hydrogen-bond donors (Lipinski definition) is 1. The third kappa shape index (κ3) is 5.53. The maximum atomic E-state index is 10.9. The lowest BCUT2D eigenvalue weighted by Crippen LogP contribution is -2.27. The zero-order chi connectivity index (χ0) is 12.7. The van der Waals surface area contributed by atoms with Gasteiger partial charge in [-0.05, 0) is 31.6 Å². The van der Waals surface area contributed by atoms with Crippen LogP contribution in [0.1, 0.15) is 25.7 Å². The number of rotatable bonds is 5. The second kappa shape index (κ2) is 7.11. The molecule has 1 aliphatic carbocycles. The predicted octanol–water partition coefficient (Wildman–Crippen LogP) is 0.830. The fraction of sp³-hybridized carbons (Fsp3) is 0.818. The first-order valence-electron chi connectivity index (χ1n) is 5.72. The lowest BCUT2D eigenvalue weighted by atomic mass is 9.88. The van der Waals surface area contributed by atoms with Crippen molar-refractivity contribution in [2.75, 3.05) is 20.3 Å². The van der Waals surface area contributed by atoms with Gasteiger partial charge in [0.25, 0.3) is 0 Å². The van der Waals surface area contributed by atoms with Crippen molar-refractivity contribution in [3.8, 4) is 0 Å². The number of carbonyl (C=O) groups is 2. The molecule has 0 aromatic heterocycles. The van der Waals surface area contributed by atoms with E-state index in [1.54, 1.807) is 0 Å². The molecule has 1 aliphatic rings. The van der Waals surface area contributed by atoms with Crippen LogP contribution in [0.5, 0.6) is 0 Å². The molecule has 17 heavy (non-hydrogen) atoms. The molecule has 0 bridgehead atoms. The topological polar surface area (TPSA) is 87.8 Å². The second-order valence-corrected chi connectivity index (χ2v) is 4.16. The highest BCUT2D eigenvalue weighted by atomic mass is 16.6. The van der Waals surface area contributed by atoms with E-state index < -0.39 is 6.09 Å². The van der Waals surface area contributed by atoms with Gasteiger partial charge in [-0.15, -0.1) is 0 Å². The Morgan fingerprint density at radius 1 is 1.24 bits per heavy atom. The molecule has 98 valence electrons. The van der Waals surface area contributed by atoms with Crippen molar-refractivity contribution in [2.45, 2.75) is 31.8 Å². The highest BCUT2D eigenvalue weighted by Gasteiger charge is 2.23. The molecule has 6 heteroatoms. The van der Waals surface area contributed by atoms with E-state index in [0.29, 0.717) is 12.5 Å². The van der Waals surface area contributed by atoms with Gasteiger partial charge >= 0.3 is 12.1 Å². The first kappa shape index (κ1) is 13.8. The normalized spacial score (nSPS) is 24.1. The highest BCUT2D eigenvalue weighted by Crippen LogP contribution is 2.26. The molecule has 6 nitrogen and oxygen atoms in total. The maximum Gasteiger partial charge on any atom is 0.404 e. The van der Waals surface area contributed by atoms with Gasteiger partial charge in [-0.2, -0.15) is 0 Å². The Bertz CT molecular complexity index is 261. The highest BCUT2D eigenvalue weighted by molar-refractivity contribution is 5.70. The fourth-order valence-corrected chi connectivity index (χ4v) is 1.91. The Morgan fingerprint density at radius 2 is 1.88 bits per heavy atom. The van der Waals surface area contributed by atoms with Crippen LogP contribution in [-0.4, -0.2) is 38.5 Å². The summed E-state index contributed by atoms with van der Waals surface area (Å²) in [5.74, 6) is -0.00957. The van der Waals surface area contributed by atoms with Crippen molar-refractivity contribution >= 4 is 12.1 Å². The van der Waals surface area contributed by atoms with E-state index in [4.69, 9.17) is 15.2 Å². The average Bonchev–Trinajstić information content (AvgIpc) is 2.34. The summed E-state index contributed by atoms with van der Waals surface area (Å²) >= 11 is 0. The summed E-state index contributed by atoms with van der Waals surface area (Å²) in [5.41, 5.74) is 4.90. The third-order valence-electron chi connectivity index (χ3n) is 2.92. The van der Waals surface area contributed by atoms with E-state index >= 15 is 0 Å². The Morgan fingerprint density at radius 3 is 2.41 bits per heavy atom.